The molecule has 6 nitrogen and oxygen atoms in total. The molecule has 2 aromatic carbocycles. The van der Waals surface area contributed by atoms with Crippen LogP contribution >= 0.6 is 10.6 Å². The SMILES string of the molecule is COc1cccc2c1O[C@@H](c1ccc(OCCCN3CCCC3)cc1)[C@H](C)S2(O)O. The van der Waals surface area contributed by atoms with E-state index in [4.69, 9.17) is 14.2 Å². The molecular weight excluding hydrogens is 402 g/mol. The second kappa shape index (κ2) is 9.06. The number of nitrogens with zero attached hydrogens (tertiary/aromatic N) is 1. The van der Waals surface area contributed by atoms with Crippen molar-refractivity contribution in [2.45, 2.75) is 42.4 Å². The lowest BCUT2D eigenvalue weighted by Crippen LogP contribution is -2.31. The van der Waals surface area contributed by atoms with E-state index in [0.717, 1.165) is 24.3 Å². The van der Waals surface area contributed by atoms with Gasteiger partial charge in [0.15, 0.2) is 11.5 Å². The minimum Gasteiger partial charge on any atom is -0.494 e. The first-order chi connectivity index (χ1) is 14.5. The van der Waals surface area contributed by atoms with Gasteiger partial charge in [-0.05, 0) is 69.1 Å². The van der Waals surface area contributed by atoms with E-state index < -0.39 is 21.9 Å². The zero-order valence-electron chi connectivity index (χ0n) is 17.6. The average molecular weight is 434 g/mol. The third-order valence-electron chi connectivity index (χ3n) is 5.97. The fraction of sp³-hybridized carbons (Fsp3) is 0.478. The van der Waals surface area contributed by atoms with Crippen LogP contribution in [0, 0.1) is 0 Å². The van der Waals surface area contributed by atoms with E-state index in [9.17, 15) is 9.11 Å². The van der Waals surface area contributed by atoms with Gasteiger partial charge < -0.3 is 19.1 Å². The summed E-state index contributed by atoms with van der Waals surface area (Å²) in [5, 5.41) is -0.482. The summed E-state index contributed by atoms with van der Waals surface area (Å²) in [6, 6.07) is 12.9. The summed E-state index contributed by atoms with van der Waals surface area (Å²) in [4.78, 5) is 2.89. The van der Waals surface area contributed by atoms with Crippen LogP contribution in [0.2, 0.25) is 0 Å². The minimum atomic E-state index is -3.03. The van der Waals surface area contributed by atoms with Crippen LogP contribution in [0.25, 0.3) is 0 Å². The first kappa shape index (κ1) is 21.3. The van der Waals surface area contributed by atoms with Gasteiger partial charge in [0.1, 0.15) is 16.7 Å². The fourth-order valence-electron chi connectivity index (χ4n) is 4.18. The van der Waals surface area contributed by atoms with Gasteiger partial charge in [-0.2, -0.15) is 10.6 Å². The largest absolute Gasteiger partial charge is 0.494 e. The first-order valence-electron chi connectivity index (χ1n) is 10.6. The maximum atomic E-state index is 10.9. The lowest BCUT2D eigenvalue weighted by Gasteiger charge is -2.47. The standard InChI is InChI=1S/C23H31NO5S/c1-17-22(29-23-20(27-2)7-5-8-21(23)30(17,25)26)18-9-11-19(12-10-18)28-16-6-15-24-13-3-4-14-24/h5,7-12,17,22,25-26H,3-4,6,13-16H2,1-2H3/t17-,22+/m0/s1. The second-order valence-electron chi connectivity index (χ2n) is 7.94. The van der Waals surface area contributed by atoms with Crippen molar-refractivity contribution in [2.75, 3.05) is 33.4 Å². The van der Waals surface area contributed by atoms with Gasteiger partial charge in [-0.1, -0.05) is 18.2 Å². The normalized spacial score (nSPS) is 24.0. The molecule has 0 amide bonds. The smallest absolute Gasteiger partial charge is 0.185 e. The van der Waals surface area contributed by atoms with E-state index >= 15 is 0 Å². The average Bonchev–Trinajstić information content (AvgIpc) is 3.28. The van der Waals surface area contributed by atoms with Gasteiger partial charge in [0, 0.05) is 6.54 Å². The summed E-state index contributed by atoms with van der Waals surface area (Å²) >= 11 is 0. The number of rotatable bonds is 7. The lowest BCUT2D eigenvalue weighted by atomic mass is 10.1. The highest BCUT2D eigenvalue weighted by Gasteiger charge is 2.41. The van der Waals surface area contributed by atoms with Crippen molar-refractivity contribution in [3.05, 3.63) is 48.0 Å². The Labute approximate surface area is 180 Å². The highest BCUT2D eigenvalue weighted by atomic mass is 32.3. The van der Waals surface area contributed by atoms with Crippen LogP contribution < -0.4 is 14.2 Å². The van der Waals surface area contributed by atoms with E-state index in [2.05, 4.69) is 4.90 Å². The zero-order chi connectivity index (χ0) is 21.1. The molecule has 2 aliphatic heterocycles. The molecule has 0 unspecified atom stereocenters. The van der Waals surface area contributed by atoms with Crippen LogP contribution in [0.5, 0.6) is 17.2 Å². The molecule has 0 bridgehead atoms. The number of fused-ring (bicyclic) bond motifs is 1. The molecule has 0 aliphatic carbocycles. The first-order valence-corrected chi connectivity index (χ1v) is 12.2. The summed E-state index contributed by atoms with van der Waals surface area (Å²) in [7, 11) is -1.48. The van der Waals surface area contributed by atoms with E-state index in [1.807, 2.05) is 31.2 Å². The van der Waals surface area contributed by atoms with Gasteiger partial charge in [0.2, 0.25) is 0 Å². The Hall–Kier alpha value is -1.93. The third-order valence-corrected chi connectivity index (χ3v) is 8.22. The molecule has 1 fully saturated rings. The molecule has 2 N–H and O–H groups in total. The van der Waals surface area contributed by atoms with Crippen molar-refractivity contribution in [1.29, 1.82) is 0 Å². The number of likely N-dealkylation sites (tertiary alicyclic amines) is 1. The summed E-state index contributed by atoms with van der Waals surface area (Å²) in [6.45, 7) is 6.01. The molecule has 2 heterocycles. The van der Waals surface area contributed by atoms with E-state index in [1.54, 1.807) is 25.3 Å². The quantitative estimate of drug-likeness (QED) is 0.586. The number of hydrogen-bond donors (Lipinski definition) is 2. The van der Waals surface area contributed by atoms with E-state index in [0.29, 0.717) is 23.0 Å². The fourth-order valence-corrected chi connectivity index (χ4v) is 5.84. The van der Waals surface area contributed by atoms with Crippen LogP contribution in [0.4, 0.5) is 0 Å². The van der Waals surface area contributed by atoms with Gasteiger partial charge in [0.25, 0.3) is 0 Å². The second-order valence-corrected chi connectivity index (χ2v) is 10.3. The maximum Gasteiger partial charge on any atom is 0.185 e. The van der Waals surface area contributed by atoms with Gasteiger partial charge in [-0.3, -0.25) is 9.11 Å². The van der Waals surface area contributed by atoms with Crippen LogP contribution in [-0.2, 0) is 0 Å². The molecule has 2 aliphatic rings. The van der Waals surface area contributed by atoms with Crippen molar-refractivity contribution < 1.29 is 23.3 Å². The van der Waals surface area contributed by atoms with Crippen molar-refractivity contribution >= 4 is 10.6 Å². The van der Waals surface area contributed by atoms with Gasteiger partial charge in [-0.15, -0.1) is 0 Å². The highest BCUT2D eigenvalue weighted by Crippen LogP contribution is 2.64. The molecule has 30 heavy (non-hydrogen) atoms. The van der Waals surface area contributed by atoms with Crippen LogP contribution in [0.1, 0.15) is 37.9 Å². The predicted octanol–water partition coefficient (Wildman–Crippen LogP) is 5.19. The summed E-state index contributed by atoms with van der Waals surface area (Å²) < 4.78 is 39.3. The molecule has 2 atom stereocenters. The van der Waals surface area contributed by atoms with E-state index in [1.165, 1.54) is 25.9 Å². The van der Waals surface area contributed by atoms with Gasteiger partial charge >= 0.3 is 0 Å². The van der Waals surface area contributed by atoms with Crippen LogP contribution in [-0.4, -0.2) is 52.6 Å². The van der Waals surface area contributed by atoms with Crippen LogP contribution in [0.3, 0.4) is 0 Å². The highest BCUT2D eigenvalue weighted by molar-refractivity contribution is 8.25. The molecule has 0 aromatic heterocycles. The Morgan fingerprint density at radius 1 is 1.10 bits per heavy atom. The third kappa shape index (κ3) is 4.25. The Morgan fingerprint density at radius 2 is 1.83 bits per heavy atom. The van der Waals surface area contributed by atoms with Crippen molar-refractivity contribution in [2.24, 2.45) is 0 Å². The minimum absolute atomic E-state index is 0.406. The lowest BCUT2D eigenvalue weighted by molar-refractivity contribution is 0.172. The number of benzene rings is 2. The maximum absolute atomic E-state index is 10.9. The van der Waals surface area contributed by atoms with Gasteiger partial charge in [-0.25, -0.2) is 0 Å². The number of methoxy groups -OCH3 is 1. The molecule has 7 heteroatoms. The molecule has 0 saturated carbocycles. The molecule has 2 aromatic rings. The number of hydrogen-bond acceptors (Lipinski definition) is 6. The molecule has 4 rings (SSSR count). The van der Waals surface area contributed by atoms with Crippen molar-refractivity contribution in [3.63, 3.8) is 0 Å². The van der Waals surface area contributed by atoms with Crippen molar-refractivity contribution in [3.8, 4) is 17.2 Å². The molecule has 0 radical (unpaired) electrons. The predicted molar refractivity (Wildman–Crippen MR) is 119 cm³/mol. The summed E-state index contributed by atoms with van der Waals surface area (Å²) in [6.07, 6.45) is 3.15. The number of para-hydroxylation sites is 1. The summed E-state index contributed by atoms with van der Waals surface area (Å²) in [5.41, 5.74) is 0.878. The molecule has 1 saturated heterocycles. The van der Waals surface area contributed by atoms with E-state index in [-0.39, 0.29) is 0 Å². The van der Waals surface area contributed by atoms with Gasteiger partial charge in [0.05, 0.1) is 19.0 Å². The Morgan fingerprint density at radius 3 is 2.53 bits per heavy atom. The summed E-state index contributed by atoms with van der Waals surface area (Å²) in [5.74, 6) is 1.72. The molecule has 0 spiro atoms. The monoisotopic (exact) mass is 433 g/mol. The Balaban J connectivity index is 1.43. The topological polar surface area (TPSA) is 71.4 Å². The Bertz CT molecular complexity index is 851. The van der Waals surface area contributed by atoms with Crippen molar-refractivity contribution in [1.82, 2.24) is 4.90 Å². The zero-order valence-corrected chi connectivity index (χ0v) is 18.4. The molecular formula is C23H31NO5S. The molecule has 164 valence electrons. The van der Waals surface area contributed by atoms with Crippen LogP contribution in [0.15, 0.2) is 47.4 Å². The Kier molecular flexibility index (Phi) is 6.43. The number of ether oxygens (including phenoxy) is 3.